The smallest absolute Gasteiger partial charge is 0.244 e. The van der Waals surface area contributed by atoms with Crippen molar-refractivity contribution >= 4 is 32.7 Å². The van der Waals surface area contributed by atoms with Crippen LogP contribution in [0.3, 0.4) is 0 Å². The lowest BCUT2D eigenvalue weighted by Crippen LogP contribution is -2.40. The standard InChI is InChI=1S/C25H24N2O2S2/c1-17-7-13-20(14-8-17)31(28,29)27-16-15-22-21-5-3-4-6-23(21)26-24(22)25(27)18-9-11-19(30-2)12-10-18/h3-14,25-26H,15-16H2,1-2H3/t25-/m0/s1. The van der Waals surface area contributed by atoms with Crippen LogP contribution in [0, 0.1) is 6.92 Å². The fraction of sp³-hybridized carbons (Fsp3) is 0.200. The molecule has 0 radical (unpaired) electrons. The monoisotopic (exact) mass is 448 g/mol. The number of thioether (sulfide) groups is 1. The van der Waals surface area contributed by atoms with Crippen molar-refractivity contribution in [3.63, 3.8) is 0 Å². The molecular formula is C25H24N2O2S2. The van der Waals surface area contributed by atoms with Gasteiger partial charge in [-0.05, 0) is 61.1 Å². The molecule has 4 aromatic rings. The van der Waals surface area contributed by atoms with E-state index in [0.717, 1.165) is 27.2 Å². The van der Waals surface area contributed by atoms with Crippen molar-refractivity contribution in [1.82, 2.24) is 9.29 Å². The molecule has 4 nitrogen and oxygen atoms in total. The second-order valence-electron chi connectivity index (χ2n) is 7.92. The molecule has 1 aliphatic rings. The van der Waals surface area contributed by atoms with Crippen molar-refractivity contribution in [3.05, 3.63) is 95.2 Å². The number of H-pyrrole nitrogens is 1. The van der Waals surface area contributed by atoms with Crippen LogP contribution in [0.2, 0.25) is 0 Å². The van der Waals surface area contributed by atoms with Crippen molar-refractivity contribution in [2.75, 3.05) is 12.8 Å². The molecule has 0 amide bonds. The Hall–Kier alpha value is -2.54. The molecule has 5 rings (SSSR count). The molecule has 3 aromatic carbocycles. The average molecular weight is 449 g/mol. The topological polar surface area (TPSA) is 53.2 Å². The molecule has 1 N–H and O–H groups in total. The lowest BCUT2D eigenvalue weighted by Gasteiger charge is -2.35. The third kappa shape index (κ3) is 3.49. The molecule has 0 fully saturated rings. The number of aromatic amines is 1. The SMILES string of the molecule is CSc1ccc([C@H]2c3[nH]c4ccccc4c3CCN2S(=O)(=O)c2ccc(C)cc2)cc1. The lowest BCUT2D eigenvalue weighted by molar-refractivity contribution is 0.340. The number of rotatable bonds is 4. The molecule has 1 atom stereocenters. The zero-order valence-corrected chi connectivity index (χ0v) is 19.1. The predicted octanol–water partition coefficient (Wildman–Crippen LogP) is 5.53. The van der Waals surface area contributed by atoms with Crippen molar-refractivity contribution in [2.45, 2.75) is 29.2 Å². The first-order chi connectivity index (χ1) is 15.0. The van der Waals surface area contributed by atoms with E-state index in [-0.39, 0.29) is 0 Å². The van der Waals surface area contributed by atoms with E-state index in [0.29, 0.717) is 17.9 Å². The van der Waals surface area contributed by atoms with E-state index < -0.39 is 16.1 Å². The van der Waals surface area contributed by atoms with E-state index in [1.54, 1.807) is 28.2 Å². The number of aromatic nitrogens is 1. The first kappa shape index (κ1) is 20.4. The van der Waals surface area contributed by atoms with Crippen molar-refractivity contribution < 1.29 is 8.42 Å². The van der Waals surface area contributed by atoms with Crippen LogP contribution < -0.4 is 0 Å². The van der Waals surface area contributed by atoms with Gasteiger partial charge in [-0.3, -0.25) is 0 Å². The van der Waals surface area contributed by atoms with Gasteiger partial charge >= 0.3 is 0 Å². The summed E-state index contributed by atoms with van der Waals surface area (Å²) in [5, 5.41) is 1.18. The number of nitrogens with zero attached hydrogens (tertiary/aromatic N) is 1. The highest BCUT2D eigenvalue weighted by atomic mass is 32.2. The Bertz CT molecular complexity index is 1340. The molecule has 0 unspecified atom stereocenters. The Morgan fingerprint density at radius 1 is 0.968 bits per heavy atom. The number of benzene rings is 3. The number of sulfonamides is 1. The number of para-hydroxylation sites is 1. The summed E-state index contributed by atoms with van der Waals surface area (Å²) in [6.07, 6.45) is 2.73. The van der Waals surface area contributed by atoms with Crippen molar-refractivity contribution in [1.29, 1.82) is 0 Å². The molecule has 158 valence electrons. The molecule has 1 aromatic heterocycles. The Kier molecular flexibility index (Phi) is 5.16. The van der Waals surface area contributed by atoms with Gasteiger partial charge in [-0.25, -0.2) is 8.42 Å². The van der Waals surface area contributed by atoms with Crippen LogP contribution in [0.4, 0.5) is 0 Å². The van der Waals surface area contributed by atoms with Gasteiger partial charge < -0.3 is 4.98 Å². The minimum absolute atomic E-state index is 0.336. The van der Waals surface area contributed by atoms with Crippen LogP contribution in [-0.4, -0.2) is 30.5 Å². The van der Waals surface area contributed by atoms with Gasteiger partial charge in [0.05, 0.1) is 10.9 Å². The quantitative estimate of drug-likeness (QED) is 0.417. The number of aryl methyl sites for hydroxylation is 1. The van der Waals surface area contributed by atoms with Crippen LogP contribution in [0.5, 0.6) is 0 Å². The lowest BCUT2D eigenvalue weighted by atomic mass is 9.94. The van der Waals surface area contributed by atoms with E-state index in [1.807, 2.05) is 37.4 Å². The molecule has 2 heterocycles. The zero-order chi connectivity index (χ0) is 21.6. The van der Waals surface area contributed by atoms with Crippen LogP contribution in [0.15, 0.2) is 82.6 Å². The number of nitrogens with one attached hydrogen (secondary N) is 1. The Balaban J connectivity index is 1.69. The van der Waals surface area contributed by atoms with E-state index in [9.17, 15) is 8.42 Å². The largest absolute Gasteiger partial charge is 0.357 e. The molecule has 0 bridgehead atoms. The van der Waals surface area contributed by atoms with Gasteiger partial charge in [0.15, 0.2) is 0 Å². The van der Waals surface area contributed by atoms with Crippen LogP contribution in [0.25, 0.3) is 10.9 Å². The van der Waals surface area contributed by atoms with Gasteiger partial charge in [0.2, 0.25) is 10.0 Å². The third-order valence-electron chi connectivity index (χ3n) is 6.05. The normalized spacial score (nSPS) is 17.0. The van der Waals surface area contributed by atoms with E-state index in [4.69, 9.17) is 0 Å². The maximum Gasteiger partial charge on any atom is 0.244 e. The first-order valence-electron chi connectivity index (χ1n) is 10.3. The highest BCUT2D eigenvalue weighted by molar-refractivity contribution is 7.98. The zero-order valence-electron chi connectivity index (χ0n) is 17.5. The van der Waals surface area contributed by atoms with Gasteiger partial charge in [-0.15, -0.1) is 11.8 Å². The minimum atomic E-state index is -3.66. The molecule has 0 aliphatic carbocycles. The number of hydrogen-bond acceptors (Lipinski definition) is 3. The highest BCUT2D eigenvalue weighted by Gasteiger charge is 2.39. The minimum Gasteiger partial charge on any atom is -0.357 e. The Labute approximate surface area is 187 Å². The summed E-state index contributed by atoms with van der Waals surface area (Å²) in [6.45, 7) is 2.41. The fourth-order valence-corrected chi connectivity index (χ4v) is 6.44. The van der Waals surface area contributed by atoms with E-state index in [1.165, 1.54) is 10.9 Å². The van der Waals surface area contributed by atoms with Gasteiger partial charge in [-0.2, -0.15) is 4.31 Å². The average Bonchev–Trinajstić information content (AvgIpc) is 3.17. The van der Waals surface area contributed by atoms with E-state index >= 15 is 0 Å². The fourth-order valence-electron chi connectivity index (χ4n) is 4.44. The summed E-state index contributed by atoms with van der Waals surface area (Å²) in [5.41, 5.74) is 5.25. The summed E-state index contributed by atoms with van der Waals surface area (Å²) in [6, 6.07) is 23.2. The second-order valence-corrected chi connectivity index (χ2v) is 10.7. The summed E-state index contributed by atoms with van der Waals surface area (Å²) >= 11 is 1.68. The van der Waals surface area contributed by atoms with Crippen LogP contribution in [-0.2, 0) is 16.4 Å². The van der Waals surface area contributed by atoms with Crippen molar-refractivity contribution in [2.24, 2.45) is 0 Å². The van der Waals surface area contributed by atoms with E-state index in [2.05, 4.69) is 41.4 Å². The van der Waals surface area contributed by atoms with Gasteiger partial charge in [0.1, 0.15) is 0 Å². The van der Waals surface area contributed by atoms with Gasteiger partial charge in [0.25, 0.3) is 0 Å². The third-order valence-corrected chi connectivity index (χ3v) is 8.67. The van der Waals surface area contributed by atoms with Gasteiger partial charge in [0, 0.05) is 28.0 Å². The van der Waals surface area contributed by atoms with Gasteiger partial charge in [-0.1, -0.05) is 48.0 Å². The number of hydrogen-bond donors (Lipinski definition) is 1. The van der Waals surface area contributed by atoms with Crippen LogP contribution in [0.1, 0.15) is 28.4 Å². The maximum absolute atomic E-state index is 13.7. The highest BCUT2D eigenvalue weighted by Crippen LogP contribution is 2.41. The summed E-state index contributed by atoms with van der Waals surface area (Å²) < 4.78 is 29.1. The van der Waals surface area contributed by atoms with Crippen LogP contribution >= 0.6 is 11.8 Å². The summed E-state index contributed by atoms with van der Waals surface area (Å²) in [5.74, 6) is 0. The Morgan fingerprint density at radius 3 is 2.39 bits per heavy atom. The molecule has 31 heavy (non-hydrogen) atoms. The van der Waals surface area contributed by atoms with Crippen molar-refractivity contribution in [3.8, 4) is 0 Å². The number of fused-ring (bicyclic) bond motifs is 3. The maximum atomic E-state index is 13.7. The molecule has 1 aliphatic heterocycles. The molecule has 6 heteroatoms. The molecule has 0 saturated heterocycles. The molecule has 0 spiro atoms. The molecule has 0 saturated carbocycles. The summed E-state index contributed by atoms with van der Waals surface area (Å²) in [7, 11) is -3.66. The Morgan fingerprint density at radius 2 is 1.68 bits per heavy atom. The second kappa shape index (κ2) is 7.86. The first-order valence-corrected chi connectivity index (χ1v) is 13.0. The molecular weight excluding hydrogens is 424 g/mol. The summed E-state index contributed by atoms with van der Waals surface area (Å²) in [4.78, 5) is 5.04. The predicted molar refractivity (Wildman–Crippen MR) is 127 cm³/mol.